The molecule has 0 amide bonds. The van der Waals surface area contributed by atoms with Crippen molar-refractivity contribution in [2.24, 2.45) is 5.41 Å². The average Bonchev–Trinajstić information content (AvgIpc) is 2.62. The third kappa shape index (κ3) is 4.08. The highest BCUT2D eigenvalue weighted by molar-refractivity contribution is 8.04. The molecule has 1 aliphatic rings. The van der Waals surface area contributed by atoms with Gasteiger partial charge in [-0.2, -0.15) is 5.26 Å². The van der Waals surface area contributed by atoms with E-state index in [2.05, 4.69) is 0 Å². The molecule has 0 aromatic rings. The van der Waals surface area contributed by atoms with Gasteiger partial charge >= 0.3 is 5.97 Å². The predicted octanol–water partition coefficient (Wildman–Crippen LogP) is 1.24. The van der Waals surface area contributed by atoms with Crippen molar-refractivity contribution in [3.05, 3.63) is 0 Å². The Labute approximate surface area is 117 Å². The quantitative estimate of drug-likeness (QED) is 0.473. The summed E-state index contributed by atoms with van der Waals surface area (Å²) < 4.78 is 15.6. The lowest BCUT2D eigenvalue weighted by atomic mass is 9.97. The summed E-state index contributed by atoms with van der Waals surface area (Å²) in [6.07, 6.45) is -1.24. The van der Waals surface area contributed by atoms with Crippen LogP contribution in [0.2, 0.25) is 0 Å². The highest BCUT2D eigenvalue weighted by Crippen LogP contribution is 2.39. The first-order valence-electron chi connectivity index (χ1n) is 5.88. The van der Waals surface area contributed by atoms with Crippen LogP contribution in [0.15, 0.2) is 0 Å². The maximum atomic E-state index is 11.7. The summed E-state index contributed by atoms with van der Waals surface area (Å²) in [6, 6.07) is 0. The zero-order chi connectivity index (χ0) is 14.7. The zero-order valence-electron chi connectivity index (χ0n) is 11.5. The van der Waals surface area contributed by atoms with Gasteiger partial charge in [-0.3, -0.25) is 4.79 Å². The van der Waals surface area contributed by atoms with Gasteiger partial charge in [-0.1, -0.05) is 0 Å². The first kappa shape index (κ1) is 16.2. The van der Waals surface area contributed by atoms with Gasteiger partial charge in [-0.05, 0) is 32.5 Å². The second-order valence-corrected chi connectivity index (χ2v) is 6.47. The fourth-order valence-electron chi connectivity index (χ4n) is 1.57. The minimum Gasteiger partial charge on any atom is -0.462 e. The van der Waals surface area contributed by atoms with Crippen molar-refractivity contribution in [2.75, 3.05) is 13.7 Å². The zero-order valence-corrected chi connectivity index (χ0v) is 12.3. The van der Waals surface area contributed by atoms with Gasteiger partial charge in [0.15, 0.2) is 11.2 Å². The van der Waals surface area contributed by atoms with E-state index in [0.29, 0.717) is 11.8 Å². The molecule has 0 unspecified atom stereocenters. The van der Waals surface area contributed by atoms with E-state index in [-0.39, 0.29) is 19.0 Å². The number of esters is 1. The Morgan fingerprint density at radius 1 is 1.63 bits per heavy atom. The van der Waals surface area contributed by atoms with E-state index in [1.165, 1.54) is 7.11 Å². The van der Waals surface area contributed by atoms with Crippen molar-refractivity contribution in [1.29, 1.82) is 5.26 Å². The monoisotopic (exact) mass is 289 g/mol. The van der Waals surface area contributed by atoms with Gasteiger partial charge in [0.1, 0.15) is 18.1 Å². The van der Waals surface area contributed by atoms with Crippen LogP contribution in [-0.2, 0) is 19.0 Å². The Kier molecular flexibility index (Phi) is 5.21. The lowest BCUT2D eigenvalue weighted by Crippen LogP contribution is -2.39. The molecule has 1 rings (SSSR count). The van der Waals surface area contributed by atoms with Crippen molar-refractivity contribution in [1.82, 2.24) is 0 Å². The van der Waals surface area contributed by atoms with Crippen LogP contribution in [0.1, 0.15) is 27.2 Å². The molecule has 1 saturated heterocycles. The number of aliphatic hydroxyl groups is 1. The van der Waals surface area contributed by atoms with Crippen LogP contribution >= 0.6 is 11.8 Å². The standard InChI is InChI=1S/C12H19NO5S/c1-11(2,3)10(14)17-6-8-12(15,19-7-13)5-9(16-4)18-8/h8-9,15H,5-6H2,1-4H3/t8-,9-,12-/m1/s1. The number of hydrogen-bond donors (Lipinski definition) is 1. The molecular formula is C12H19NO5S. The number of thioether (sulfide) groups is 1. The second kappa shape index (κ2) is 6.09. The van der Waals surface area contributed by atoms with E-state index in [9.17, 15) is 9.90 Å². The Hall–Kier alpha value is -0.810. The van der Waals surface area contributed by atoms with Gasteiger partial charge in [0, 0.05) is 13.5 Å². The molecule has 1 fully saturated rings. The summed E-state index contributed by atoms with van der Waals surface area (Å²) >= 11 is 0.692. The van der Waals surface area contributed by atoms with Gasteiger partial charge < -0.3 is 19.3 Å². The third-order valence-corrected chi connectivity index (χ3v) is 3.62. The summed E-state index contributed by atoms with van der Waals surface area (Å²) in [4.78, 5) is 10.3. The van der Waals surface area contributed by atoms with Crippen LogP contribution in [0, 0.1) is 16.1 Å². The lowest BCUT2D eigenvalue weighted by molar-refractivity contribution is -0.166. The summed E-state index contributed by atoms with van der Waals surface area (Å²) in [5, 5.41) is 20.9. The number of nitrogens with zero attached hydrogens (tertiary/aromatic N) is 1. The van der Waals surface area contributed by atoms with Crippen LogP contribution in [0.25, 0.3) is 0 Å². The van der Waals surface area contributed by atoms with Crippen molar-refractivity contribution in [3.63, 3.8) is 0 Å². The van der Waals surface area contributed by atoms with E-state index in [1.807, 2.05) is 5.40 Å². The van der Waals surface area contributed by atoms with Crippen LogP contribution in [-0.4, -0.2) is 42.1 Å². The van der Waals surface area contributed by atoms with E-state index in [4.69, 9.17) is 19.5 Å². The molecule has 0 spiro atoms. The van der Waals surface area contributed by atoms with Crippen molar-refractivity contribution in [3.8, 4) is 5.40 Å². The van der Waals surface area contributed by atoms with Gasteiger partial charge in [0.05, 0.1) is 5.41 Å². The smallest absolute Gasteiger partial charge is 0.311 e. The molecule has 0 aliphatic carbocycles. The average molecular weight is 289 g/mol. The van der Waals surface area contributed by atoms with Gasteiger partial charge in [-0.25, -0.2) is 0 Å². The van der Waals surface area contributed by atoms with Gasteiger partial charge in [0.25, 0.3) is 0 Å². The minimum absolute atomic E-state index is 0.110. The number of carbonyl (C=O) groups is 1. The number of ether oxygens (including phenoxy) is 3. The number of carbonyl (C=O) groups excluding carboxylic acids is 1. The van der Waals surface area contributed by atoms with E-state index >= 15 is 0 Å². The highest BCUT2D eigenvalue weighted by atomic mass is 32.2. The van der Waals surface area contributed by atoms with Gasteiger partial charge in [0.2, 0.25) is 0 Å². The summed E-state index contributed by atoms with van der Waals surface area (Å²) in [5.41, 5.74) is -0.625. The molecule has 1 N–H and O–H groups in total. The molecule has 7 heteroatoms. The number of nitriles is 1. The van der Waals surface area contributed by atoms with Crippen molar-refractivity contribution < 1.29 is 24.1 Å². The number of methoxy groups -OCH3 is 1. The molecule has 0 aromatic heterocycles. The summed E-state index contributed by atoms with van der Waals surface area (Å²) in [7, 11) is 1.45. The molecule has 0 saturated carbocycles. The Morgan fingerprint density at radius 2 is 2.26 bits per heavy atom. The molecule has 3 atom stereocenters. The number of rotatable bonds is 4. The van der Waals surface area contributed by atoms with Crippen LogP contribution in [0.5, 0.6) is 0 Å². The van der Waals surface area contributed by atoms with Gasteiger partial charge in [-0.15, -0.1) is 0 Å². The molecule has 0 bridgehead atoms. The lowest BCUT2D eigenvalue weighted by Gasteiger charge is -2.25. The fourth-order valence-corrected chi connectivity index (χ4v) is 2.20. The van der Waals surface area contributed by atoms with Crippen LogP contribution in [0.4, 0.5) is 0 Å². The number of hydrogen-bond acceptors (Lipinski definition) is 7. The van der Waals surface area contributed by atoms with Crippen LogP contribution in [0.3, 0.4) is 0 Å². The first-order valence-corrected chi connectivity index (χ1v) is 6.69. The van der Waals surface area contributed by atoms with E-state index < -0.39 is 22.7 Å². The molecule has 0 radical (unpaired) electrons. The maximum absolute atomic E-state index is 11.7. The van der Waals surface area contributed by atoms with E-state index in [1.54, 1.807) is 20.8 Å². The van der Waals surface area contributed by atoms with Crippen molar-refractivity contribution >= 4 is 17.7 Å². The fraction of sp³-hybridized carbons (Fsp3) is 0.833. The molecule has 1 aliphatic heterocycles. The predicted molar refractivity (Wildman–Crippen MR) is 68.9 cm³/mol. The Bertz CT molecular complexity index is 375. The maximum Gasteiger partial charge on any atom is 0.311 e. The van der Waals surface area contributed by atoms with Crippen molar-refractivity contribution in [2.45, 2.75) is 44.5 Å². The topological polar surface area (TPSA) is 88.8 Å². The Balaban J connectivity index is 2.65. The SMILES string of the molecule is CO[C@H]1C[C@@](O)(SC#N)[C@@H](COC(=O)C(C)(C)C)O1. The highest BCUT2D eigenvalue weighted by Gasteiger charge is 2.49. The summed E-state index contributed by atoms with van der Waals surface area (Å²) in [5.74, 6) is -0.388. The second-order valence-electron chi connectivity index (χ2n) is 5.38. The molecule has 0 aromatic carbocycles. The van der Waals surface area contributed by atoms with Crippen LogP contribution < -0.4 is 0 Å². The molecular weight excluding hydrogens is 270 g/mol. The molecule has 108 valence electrons. The molecule has 1 heterocycles. The summed E-state index contributed by atoms with van der Waals surface area (Å²) in [6.45, 7) is 5.10. The molecule has 19 heavy (non-hydrogen) atoms. The third-order valence-electron chi connectivity index (χ3n) is 2.74. The largest absolute Gasteiger partial charge is 0.462 e. The normalized spacial score (nSPS) is 30.9. The minimum atomic E-state index is -1.42. The Morgan fingerprint density at radius 3 is 2.74 bits per heavy atom. The first-order chi connectivity index (χ1) is 8.73. The number of thiocyanates is 1. The van der Waals surface area contributed by atoms with E-state index in [0.717, 1.165) is 0 Å². The molecule has 6 nitrogen and oxygen atoms in total.